The highest BCUT2D eigenvalue weighted by molar-refractivity contribution is 5.99. The number of nitro benzene ring substituents is 1. The van der Waals surface area contributed by atoms with Crippen LogP contribution in [0.2, 0.25) is 0 Å². The van der Waals surface area contributed by atoms with Crippen LogP contribution < -0.4 is 5.32 Å². The molecule has 2 aromatic rings. The van der Waals surface area contributed by atoms with Gasteiger partial charge in [-0.3, -0.25) is 14.9 Å². The fourth-order valence-corrected chi connectivity index (χ4v) is 3.10. The maximum atomic E-state index is 12.4. The first kappa shape index (κ1) is 13.6. The zero-order valence-corrected chi connectivity index (χ0v) is 12.0. The smallest absolute Gasteiger partial charge is 0.269 e. The van der Waals surface area contributed by atoms with E-state index < -0.39 is 11.0 Å². The van der Waals surface area contributed by atoms with Crippen molar-refractivity contribution in [3.05, 3.63) is 51.2 Å². The molecule has 0 spiro atoms. The molecule has 1 aromatic heterocycles. The van der Waals surface area contributed by atoms with Crippen molar-refractivity contribution in [2.45, 2.75) is 25.3 Å². The minimum atomic E-state index is -0.454. The number of nitro groups is 1. The molecule has 1 atom stereocenters. The molecule has 9 heteroatoms. The third kappa shape index (κ3) is 2.08. The molecule has 116 valence electrons. The topological polar surface area (TPSA) is 116 Å². The van der Waals surface area contributed by atoms with Gasteiger partial charge in [0, 0.05) is 29.8 Å². The number of aromatic nitrogens is 4. The summed E-state index contributed by atoms with van der Waals surface area (Å²) in [5.41, 5.74) is 2.23. The lowest BCUT2D eigenvalue weighted by Crippen LogP contribution is -2.31. The Morgan fingerprint density at radius 3 is 2.78 bits per heavy atom. The van der Waals surface area contributed by atoms with Crippen LogP contribution in [0.25, 0.3) is 0 Å². The van der Waals surface area contributed by atoms with Crippen molar-refractivity contribution in [2.24, 2.45) is 0 Å². The number of non-ortho nitro benzene ring substituents is 1. The Morgan fingerprint density at radius 1 is 1.26 bits per heavy atom. The van der Waals surface area contributed by atoms with Crippen molar-refractivity contribution in [3.63, 3.8) is 0 Å². The summed E-state index contributed by atoms with van der Waals surface area (Å²) in [6, 6.07) is 5.69. The Kier molecular flexibility index (Phi) is 2.93. The van der Waals surface area contributed by atoms with Crippen molar-refractivity contribution >= 4 is 17.4 Å². The number of Topliss-reactive ketones (excluding diaryl/α,β-unsaturated/α-hetero) is 1. The van der Waals surface area contributed by atoms with Gasteiger partial charge in [-0.1, -0.05) is 5.10 Å². The standard InChI is InChI=1S/C14H12N6O3/c21-11-3-1-2-10-12(11)13(19-14(15-10)16-17-18-19)8-4-6-9(7-5-8)20(22)23/h4-7,13H,1-3H2,(H,15,16,18). The maximum absolute atomic E-state index is 12.4. The number of hydrogen-bond acceptors (Lipinski definition) is 7. The van der Waals surface area contributed by atoms with Crippen LogP contribution in [-0.2, 0) is 4.79 Å². The third-order valence-electron chi connectivity index (χ3n) is 4.15. The van der Waals surface area contributed by atoms with Gasteiger partial charge in [-0.15, -0.1) is 0 Å². The molecular formula is C14H12N6O3. The number of anilines is 1. The first-order valence-corrected chi connectivity index (χ1v) is 7.20. The molecule has 1 aliphatic heterocycles. The van der Waals surface area contributed by atoms with Gasteiger partial charge in [-0.25, -0.2) is 0 Å². The van der Waals surface area contributed by atoms with E-state index >= 15 is 0 Å². The summed E-state index contributed by atoms with van der Waals surface area (Å²) < 4.78 is 1.54. The van der Waals surface area contributed by atoms with Gasteiger partial charge >= 0.3 is 0 Å². The Bertz CT molecular complexity index is 838. The fraction of sp³-hybridized carbons (Fsp3) is 0.286. The molecule has 0 saturated heterocycles. The van der Waals surface area contributed by atoms with Gasteiger partial charge < -0.3 is 5.32 Å². The average Bonchev–Trinajstić information content (AvgIpc) is 3.01. The molecule has 1 aromatic carbocycles. The lowest BCUT2D eigenvalue weighted by molar-refractivity contribution is -0.384. The number of allylic oxidation sites excluding steroid dienone is 2. The van der Waals surface area contributed by atoms with Crippen molar-refractivity contribution in [1.82, 2.24) is 20.2 Å². The molecule has 9 nitrogen and oxygen atoms in total. The monoisotopic (exact) mass is 312 g/mol. The van der Waals surface area contributed by atoms with Gasteiger partial charge in [0.25, 0.3) is 5.69 Å². The molecule has 0 amide bonds. The van der Waals surface area contributed by atoms with Gasteiger partial charge in [0.05, 0.1) is 4.92 Å². The predicted molar refractivity (Wildman–Crippen MR) is 78.6 cm³/mol. The molecule has 1 unspecified atom stereocenters. The molecule has 2 heterocycles. The molecule has 2 aliphatic rings. The zero-order chi connectivity index (χ0) is 16.0. The Labute approximate surface area is 130 Å². The van der Waals surface area contributed by atoms with Crippen molar-refractivity contribution in [1.29, 1.82) is 0 Å². The molecular weight excluding hydrogens is 300 g/mol. The van der Waals surface area contributed by atoms with Gasteiger partial charge in [-0.2, -0.15) is 4.68 Å². The average molecular weight is 312 g/mol. The Balaban J connectivity index is 1.85. The summed E-state index contributed by atoms with van der Waals surface area (Å²) in [7, 11) is 0. The first-order valence-electron chi connectivity index (χ1n) is 7.20. The number of rotatable bonds is 2. The van der Waals surface area contributed by atoms with Crippen LogP contribution in [0.5, 0.6) is 0 Å². The SMILES string of the molecule is O=C1CCCC2=C1C(c1ccc([N+](=O)[O-])cc1)n1nnnc1N2. The molecule has 0 bridgehead atoms. The molecule has 0 saturated carbocycles. The van der Waals surface area contributed by atoms with E-state index in [2.05, 4.69) is 20.8 Å². The fourth-order valence-electron chi connectivity index (χ4n) is 3.10. The number of carbonyl (C=O) groups is 1. The highest BCUT2D eigenvalue weighted by Crippen LogP contribution is 2.39. The van der Waals surface area contributed by atoms with E-state index in [0.717, 1.165) is 24.1 Å². The van der Waals surface area contributed by atoms with E-state index in [1.165, 1.54) is 12.1 Å². The number of tetrazole rings is 1. The summed E-state index contributed by atoms with van der Waals surface area (Å²) in [6.07, 6.45) is 2.04. The van der Waals surface area contributed by atoms with Gasteiger partial charge in [0.1, 0.15) is 6.04 Å². The highest BCUT2D eigenvalue weighted by atomic mass is 16.6. The summed E-state index contributed by atoms with van der Waals surface area (Å²) in [4.78, 5) is 22.8. The number of ketones is 1. The number of hydrogen-bond donors (Lipinski definition) is 1. The molecule has 23 heavy (non-hydrogen) atoms. The van der Waals surface area contributed by atoms with E-state index in [1.54, 1.807) is 16.8 Å². The third-order valence-corrected chi connectivity index (χ3v) is 4.15. The highest BCUT2D eigenvalue weighted by Gasteiger charge is 2.36. The summed E-state index contributed by atoms with van der Waals surface area (Å²) in [5.74, 6) is 0.532. The minimum Gasteiger partial charge on any atom is -0.326 e. The molecule has 4 rings (SSSR count). The van der Waals surface area contributed by atoms with E-state index in [-0.39, 0.29) is 11.5 Å². The van der Waals surface area contributed by atoms with Gasteiger partial charge in [-0.05, 0) is 41.0 Å². The second kappa shape index (κ2) is 4.97. The zero-order valence-electron chi connectivity index (χ0n) is 12.0. The summed E-state index contributed by atoms with van der Waals surface area (Å²) in [6.45, 7) is 0. The molecule has 1 N–H and O–H groups in total. The maximum Gasteiger partial charge on any atom is 0.269 e. The van der Waals surface area contributed by atoms with E-state index in [4.69, 9.17) is 0 Å². The molecule has 1 aliphatic carbocycles. The second-order valence-electron chi connectivity index (χ2n) is 5.49. The normalized spacial score (nSPS) is 19.8. The van der Waals surface area contributed by atoms with Crippen LogP contribution in [0.1, 0.15) is 30.9 Å². The van der Waals surface area contributed by atoms with E-state index in [1.807, 2.05) is 0 Å². The van der Waals surface area contributed by atoms with Crippen LogP contribution >= 0.6 is 0 Å². The number of carbonyl (C=O) groups excluding carboxylic acids is 1. The predicted octanol–water partition coefficient (Wildman–Crippen LogP) is 1.60. The Hall–Kier alpha value is -3.10. The number of nitrogens with one attached hydrogen (secondary N) is 1. The van der Waals surface area contributed by atoms with E-state index in [9.17, 15) is 14.9 Å². The van der Waals surface area contributed by atoms with Crippen molar-refractivity contribution < 1.29 is 9.72 Å². The minimum absolute atomic E-state index is 0.00352. The van der Waals surface area contributed by atoms with Gasteiger partial charge in [0.15, 0.2) is 5.78 Å². The number of nitrogens with zero attached hydrogens (tertiary/aromatic N) is 5. The second-order valence-corrected chi connectivity index (χ2v) is 5.49. The summed E-state index contributed by atoms with van der Waals surface area (Å²) >= 11 is 0. The summed E-state index contributed by atoms with van der Waals surface area (Å²) in [5, 5.41) is 25.5. The quantitative estimate of drug-likeness (QED) is 0.661. The largest absolute Gasteiger partial charge is 0.326 e. The van der Waals surface area contributed by atoms with Crippen molar-refractivity contribution in [2.75, 3.05) is 5.32 Å². The van der Waals surface area contributed by atoms with Crippen LogP contribution in [-0.4, -0.2) is 30.9 Å². The van der Waals surface area contributed by atoms with Crippen molar-refractivity contribution in [3.8, 4) is 0 Å². The lowest BCUT2D eigenvalue weighted by Gasteiger charge is -2.31. The first-order chi connectivity index (χ1) is 11.1. The van der Waals surface area contributed by atoms with E-state index in [0.29, 0.717) is 17.9 Å². The van der Waals surface area contributed by atoms with Crippen LogP contribution in [0.15, 0.2) is 35.5 Å². The van der Waals surface area contributed by atoms with Crippen LogP contribution in [0, 0.1) is 10.1 Å². The van der Waals surface area contributed by atoms with Crippen LogP contribution in [0.3, 0.4) is 0 Å². The molecule has 0 radical (unpaired) electrons. The number of benzene rings is 1. The number of fused-ring (bicyclic) bond motifs is 1. The van der Waals surface area contributed by atoms with Gasteiger partial charge in [0.2, 0.25) is 5.95 Å². The Morgan fingerprint density at radius 2 is 2.04 bits per heavy atom. The van der Waals surface area contributed by atoms with Crippen LogP contribution in [0.4, 0.5) is 11.6 Å². The molecule has 0 fully saturated rings. The lowest BCUT2D eigenvalue weighted by atomic mass is 9.85.